The van der Waals surface area contributed by atoms with Crippen LogP contribution in [0.25, 0.3) is 0 Å². The topological polar surface area (TPSA) is 41.8 Å². The van der Waals surface area contributed by atoms with Gasteiger partial charge in [0.05, 0.1) is 0 Å². The Morgan fingerprint density at radius 2 is 1.10 bits per heavy atom. The fraction of sp³-hybridized carbons (Fsp3) is 1.00. The Hall–Kier alpha value is -0.840. The van der Waals surface area contributed by atoms with Crippen LogP contribution in [-0.4, -0.2) is 44.3 Å². The third-order valence-electron chi connectivity index (χ3n) is 2.39. The van der Waals surface area contributed by atoms with Crippen LogP contribution in [0.4, 0.5) is 0 Å². The van der Waals surface area contributed by atoms with E-state index < -0.39 is 0 Å². The van der Waals surface area contributed by atoms with Crippen LogP contribution in [0, 0.1) is 4.91 Å². The first-order valence-electron chi connectivity index (χ1n) is 7.88. The molecule has 5 nitrogen and oxygen atoms in total. The third kappa shape index (κ3) is 25.9. The summed E-state index contributed by atoms with van der Waals surface area (Å²) in [7, 11) is 6.00. The summed E-state index contributed by atoms with van der Waals surface area (Å²) in [5.41, 5.74) is 0. The first-order valence-corrected chi connectivity index (χ1v) is 7.88. The van der Waals surface area contributed by atoms with Gasteiger partial charge in [0.25, 0.3) is 0 Å². The Balaban J connectivity index is 0. The molecule has 0 saturated heterocycles. The molecular weight excluding hydrogens is 256 g/mol. The summed E-state index contributed by atoms with van der Waals surface area (Å²) < 4.78 is 0. The van der Waals surface area contributed by atoms with Gasteiger partial charge in [-0.3, -0.25) is 0 Å². The van der Waals surface area contributed by atoms with Crippen LogP contribution < -0.4 is 0 Å². The molecule has 20 heavy (non-hydrogen) atoms. The van der Waals surface area contributed by atoms with Gasteiger partial charge < -0.3 is 4.90 Å². The van der Waals surface area contributed by atoms with Crippen LogP contribution in [-0.2, 0) is 9.68 Å². The van der Waals surface area contributed by atoms with Gasteiger partial charge in [-0.05, 0) is 46.8 Å². The minimum Gasteiger partial charge on any atom is -0.312 e. The summed E-state index contributed by atoms with van der Waals surface area (Å²) in [6.45, 7) is 5.22. The summed E-state index contributed by atoms with van der Waals surface area (Å²) in [6, 6.07) is 0. The molecule has 0 amide bonds. The SMILES string of the molecule is CCCCCCO[N+](=O)OCCCCCC.CN(C)C. The zero-order valence-corrected chi connectivity index (χ0v) is 14.2. The van der Waals surface area contributed by atoms with E-state index in [-0.39, 0.29) is 5.09 Å². The molecule has 0 heterocycles. The maximum absolute atomic E-state index is 11.0. The van der Waals surface area contributed by atoms with E-state index in [1.54, 1.807) is 0 Å². The Labute approximate surface area is 125 Å². The molecule has 5 heteroatoms. The van der Waals surface area contributed by atoms with Gasteiger partial charge >= 0.3 is 5.09 Å². The number of nitrogens with zero attached hydrogens (tertiary/aromatic N) is 2. The molecule has 0 bridgehead atoms. The Morgan fingerprint density at radius 1 is 0.750 bits per heavy atom. The summed E-state index contributed by atoms with van der Waals surface area (Å²) >= 11 is 0. The van der Waals surface area contributed by atoms with E-state index in [1.165, 1.54) is 25.7 Å². The molecule has 0 unspecified atom stereocenters. The normalized spacial score (nSPS) is 9.90. The molecule has 0 saturated carbocycles. The summed E-state index contributed by atoms with van der Waals surface area (Å²) in [5, 5.41) is 0.262. The molecule has 0 spiro atoms. The Bertz CT molecular complexity index is 181. The second-order valence-corrected chi connectivity index (χ2v) is 5.35. The van der Waals surface area contributed by atoms with E-state index in [0.29, 0.717) is 13.2 Å². The lowest BCUT2D eigenvalue weighted by Crippen LogP contribution is -2.12. The molecule has 0 N–H and O–H groups in total. The van der Waals surface area contributed by atoms with E-state index in [1.807, 2.05) is 26.0 Å². The molecule has 0 aromatic heterocycles. The van der Waals surface area contributed by atoms with Crippen molar-refractivity contribution in [1.29, 1.82) is 0 Å². The van der Waals surface area contributed by atoms with Gasteiger partial charge in [0.1, 0.15) is 4.91 Å². The van der Waals surface area contributed by atoms with Crippen molar-refractivity contribution >= 4 is 0 Å². The zero-order valence-electron chi connectivity index (χ0n) is 14.2. The van der Waals surface area contributed by atoms with E-state index in [2.05, 4.69) is 13.8 Å². The van der Waals surface area contributed by atoms with E-state index in [9.17, 15) is 4.91 Å². The maximum Gasteiger partial charge on any atom is 0.477 e. The smallest absolute Gasteiger partial charge is 0.312 e. The van der Waals surface area contributed by atoms with Gasteiger partial charge in [-0.25, -0.2) is 0 Å². The number of hydrogen-bond acceptors (Lipinski definition) is 4. The number of rotatable bonds is 12. The molecule has 0 aromatic carbocycles. The molecule has 0 rings (SSSR count). The van der Waals surface area contributed by atoms with Gasteiger partial charge in [0.2, 0.25) is 0 Å². The molecule has 0 aliphatic carbocycles. The van der Waals surface area contributed by atoms with E-state index >= 15 is 0 Å². The second kappa shape index (κ2) is 18.2. The van der Waals surface area contributed by atoms with Crippen molar-refractivity contribution in [3.05, 3.63) is 4.91 Å². The summed E-state index contributed by atoms with van der Waals surface area (Å²) in [5.74, 6) is 0. The van der Waals surface area contributed by atoms with Crippen LogP contribution >= 0.6 is 0 Å². The van der Waals surface area contributed by atoms with Crippen LogP contribution in [0.5, 0.6) is 0 Å². The quantitative estimate of drug-likeness (QED) is 0.403. The average Bonchev–Trinajstić information content (AvgIpc) is 2.37. The maximum atomic E-state index is 11.0. The predicted octanol–water partition coefficient (Wildman–Crippen LogP) is 3.97. The van der Waals surface area contributed by atoms with Crippen LogP contribution in [0.1, 0.15) is 65.2 Å². The molecule has 0 radical (unpaired) electrons. The summed E-state index contributed by atoms with van der Waals surface area (Å²) in [4.78, 5) is 22.7. The number of hydrogen-bond donors (Lipinski definition) is 0. The van der Waals surface area contributed by atoms with Crippen LogP contribution in [0.15, 0.2) is 0 Å². The number of unbranched alkanes of at least 4 members (excludes halogenated alkanes) is 6. The second-order valence-electron chi connectivity index (χ2n) is 5.35. The first-order chi connectivity index (χ1) is 9.54. The highest BCUT2D eigenvalue weighted by Crippen LogP contribution is 2.01. The minimum absolute atomic E-state index is 0.262. The van der Waals surface area contributed by atoms with Crippen molar-refractivity contribution in [3.8, 4) is 0 Å². The lowest BCUT2D eigenvalue weighted by atomic mass is 10.2. The molecule has 0 atom stereocenters. The van der Waals surface area contributed by atoms with Crippen molar-refractivity contribution in [2.75, 3.05) is 34.4 Å². The molecule has 0 fully saturated rings. The van der Waals surface area contributed by atoms with E-state index in [4.69, 9.17) is 9.68 Å². The average molecular weight is 291 g/mol. The highest BCUT2D eigenvalue weighted by Gasteiger charge is 2.10. The van der Waals surface area contributed by atoms with Crippen LogP contribution in [0.2, 0.25) is 0 Å². The highest BCUT2D eigenvalue weighted by atomic mass is 17.0. The van der Waals surface area contributed by atoms with Crippen molar-refractivity contribution in [2.45, 2.75) is 65.2 Å². The van der Waals surface area contributed by atoms with Crippen molar-refractivity contribution in [3.63, 3.8) is 0 Å². The van der Waals surface area contributed by atoms with Gasteiger partial charge in [0, 0.05) is 0 Å². The van der Waals surface area contributed by atoms with Gasteiger partial charge in [0.15, 0.2) is 13.2 Å². The lowest BCUT2D eigenvalue weighted by molar-refractivity contribution is -0.981. The van der Waals surface area contributed by atoms with E-state index in [0.717, 1.165) is 25.7 Å². The van der Waals surface area contributed by atoms with Gasteiger partial charge in [-0.1, -0.05) is 39.5 Å². The fourth-order valence-corrected chi connectivity index (χ4v) is 1.37. The fourth-order valence-electron chi connectivity index (χ4n) is 1.37. The van der Waals surface area contributed by atoms with Crippen molar-refractivity contribution in [2.24, 2.45) is 0 Å². The van der Waals surface area contributed by atoms with Crippen molar-refractivity contribution < 1.29 is 14.8 Å². The zero-order chi connectivity index (χ0) is 15.6. The Kier molecular flexibility index (Phi) is 19.5. The third-order valence-corrected chi connectivity index (χ3v) is 2.39. The molecule has 0 aromatic rings. The monoisotopic (exact) mass is 291 g/mol. The first kappa shape index (κ1) is 21.5. The van der Waals surface area contributed by atoms with Gasteiger partial charge in [-0.15, -0.1) is 0 Å². The van der Waals surface area contributed by atoms with Crippen molar-refractivity contribution in [1.82, 2.24) is 4.90 Å². The van der Waals surface area contributed by atoms with Crippen LogP contribution in [0.3, 0.4) is 0 Å². The highest BCUT2D eigenvalue weighted by molar-refractivity contribution is 4.37. The standard InChI is InChI=1S/C12H26NO3.C3H9N/c1-3-5-7-9-11-15-13(14)16-12-10-8-6-4-2;1-4(2)3/h3-12H2,1-2H3;1-3H3/q+1;. The lowest BCUT2D eigenvalue weighted by Gasteiger charge is -1.96. The molecule has 122 valence electrons. The largest absolute Gasteiger partial charge is 0.477 e. The molecule has 0 aliphatic rings. The van der Waals surface area contributed by atoms with Gasteiger partial charge in [-0.2, -0.15) is 9.68 Å². The summed E-state index contributed by atoms with van der Waals surface area (Å²) in [6.07, 6.45) is 8.84. The molecule has 0 aliphatic heterocycles. The Morgan fingerprint density at radius 3 is 1.40 bits per heavy atom. The predicted molar refractivity (Wildman–Crippen MR) is 83.4 cm³/mol. The molecular formula is C15H35N2O3+. The minimum atomic E-state index is 0.262.